The van der Waals surface area contributed by atoms with Crippen molar-refractivity contribution in [3.8, 4) is 0 Å². The Balaban J connectivity index is 2.51. The molecule has 2 rings (SSSR count). The molecule has 1 aliphatic rings. The summed E-state index contributed by atoms with van der Waals surface area (Å²) in [5.41, 5.74) is 1.39. The van der Waals surface area contributed by atoms with Crippen LogP contribution in [0.5, 0.6) is 0 Å². The summed E-state index contributed by atoms with van der Waals surface area (Å²) in [6.07, 6.45) is -3.98. The molecule has 0 aromatic heterocycles. The fraction of sp³-hybridized carbons (Fsp3) is 0.357. The number of benzene rings is 1. The number of aryl methyl sites for hydroxylation is 2. The van der Waals surface area contributed by atoms with E-state index >= 15 is 0 Å². The molecule has 0 saturated heterocycles. The number of carbonyl (C=O) groups is 1. The first kappa shape index (κ1) is 16.5. The Labute approximate surface area is 126 Å². The van der Waals surface area contributed by atoms with Crippen LogP contribution in [0.25, 0.3) is 0 Å². The topological polar surface area (TPSA) is 54.5 Å². The van der Waals surface area contributed by atoms with E-state index in [0.717, 1.165) is 11.5 Å². The fourth-order valence-electron chi connectivity index (χ4n) is 2.41. The average Bonchev–Trinajstić information content (AvgIpc) is 2.67. The highest BCUT2D eigenvalue weighted by Crippen LogP contribution is 2.30. The summed E-state index contributed by atoms with van der Waals surface area (Å²) in [7, 11) is -3.59. The molecule has 22 heavy (non-hydrogen) atoms. The number of anilines is 1. The summed E-state index contributed by atoms with van der Waals surface area (Å²) >= 11 is 0. The quantitative estimate of drug-likeness (QED) is 0.836. The molecule has 8 heteroatoms. The first-order chi connectivity index (χ1) is 9.99. The molecular weight excluding hydrogens is 319 g/mol. The van der Waals surface area contributed by atoms with Crippen LogP contribution in [0.4, 0.5) is 18.9 Å². The normalized spacial score (nSPS) is 20.1. The molecule has 0 fully saturated rings. The molecule has 0 N–H and O–H groups in total. The lowest BCUT2D eigenvalue weighted by Crippen LogP contribution is -2.48. The van der Waals surface area contributed by atoms with Crippen molar-refractivity contribution < 1.29 is 26.4 Å². The van der Waals surface area contributed by atoms with Gasteiger partial charge in [0.2, 0.25) is 0 Å². The third-order valence-electron chi connectivity index (χ3n) is 3.19. The zero-order chi connectivity index (χ0) is 16.7. The molecule has 1 aromatic rings. The third kappa shape index (κ3) is 3.49. The number of carbonyl (C=O) groups excluding carboxylic acids is 1. The molecule has 1 aliphatic heterocycles. The summed E-state index contributed by atoms with van der Waals surface area (Å²) in [5, 5.41) is 0.844. The summed E-state index contributed by atoms with van der Waals surface area (Å²) in [4.78, 5) is 12.3. The van der Waals surface area contributed by atoms with Gasteiger partial charge >= 0.3 is 12.1 Å². The zero-order valence-electron chi connectivity index (χ0n) is 11.9. The van der Waals surface area contributed by atoms with Crippen LogP contribution in [-0.4, -0.2) is 32.3 Å². The predicted molar refractivity (Wildman–Crippen MR) is 76.2 cm³/mol. The summed E-state index contributed by atoms with van der Waals surface area (Å²) in [6, 6.07) is 3.44. The van der Waals surface area contributed by atoms with E-state index in [1.165, 1.54) is 12.1 Å². The van der Waals surface area contributed by atoms with Gasteiger partial charge < -0.3 is 0 Å². The van der Waals surface area contributed by atoms with Gasteiger partial charge in [0, 0.05) is 11.1 Å². The Morgan fingerprint density at radius 1 is 1.18 bits per heavy atom. The SMILES string of the molecule is Cc1cc(C)cc(N(C(=O)C(F)(F)F)[C@@H]2C=CS(=O)(=O)C2)c1. The maximum atomic E-state index is 12.9. The Bertz CT molecular complexity index is 718. The van der Waals surface area contributed by atoms with Crippen LogP contribution in [-0.2, 0) is 14.6 Å². The zero-order valence-corrected chi connectivity index (χ0v) is 12.7. The number of nitrogens with zero attached hydrogens (tertiary/aromatic N) is 1. The lowest BCUT2D eigenvalue weighted by atomic mass is 10.1. The molecule has 1 amide bonds. The molecule has 0 aliphatic carbocycles. The minimum absolute atomic E-state index is 0.0339. The second kappa shape index (κ2) is 5.42. The number of hydrogen-bond acceptors (Lipinski definition) is 3. The van der Waals surface area contributed by atoms with Gasteiger partial charge in [-0.3, -0.25) is 9.69 Å². The van der Waals surface area contributed by atoms with Crippen molar-refractivity contribution in [1.29, 1.82) is 0 Å². The Hall–Kier alpha value is -1.83. The van der Waals surface area contributed by atoms with E-state index in [0.29, 0.717) is 16.0 Å². The van der Waals surface area contributed by atoms with Gasteiger partial charge in [-0.2, -0.15) is 13.2 Å². The van der Waals surface area contributed by atoms with Gasteiger partial charge in [-0.05, 0) is 43.2 Å². The number of amides is 1. The van der Waals surface area contributed by atoms with Crippen molar-refractivity contribution in [3.05, 3.63) is 40.8 Å². The van der Waals surface area contributed by atoms with Crippen LogP contribution in [0.15, 0.2) is 29.7 Å². The third-order valence-corrected chi connectivity index (χ3v) is 4.57. The van der Waals surface area contributed by atoms with Crippen LogP contribution < -0.4 is 4.90 Å². The average molecular weight is 333 g/mol. The van der Waals surface area contributed by atoms with Crippen LogP contribution in [0, 0.1) is 13.8 Å². The maximum Gasteiger partial charge on any atom is 0.471 e. The number of alkyl halides is 3. The molecule has 4 nitrogen and oxygen atoms in total. The van der Waals surface area contributed by atoms with Crippen molar-refractivity contribution in [2.24, 2.45) is 0 Å². The van der Waals surface area contributed by atoms with E-state index in [9.17, 15) is 26.4 Å². The first-order valence-corrected chi connectivity index (χ1v) is 8.11. The van der Waals surface area contributed by atoms with Gasteiger partial charge in [0.1, 0.15) is 0 Å². The second-order valence-electron chi connectivity index (χ2n) is 5.24. The van der Waals surface area contributed by atoms with Gasteiger partial charge in [0.05, 0.1) is 11.8 Å². The summed E-state index contributed by atoms with van der Waals surface area (Å²) < 4.78 is 61.6. The van der Waals surface area contributed by atoms with Gasteiger partial charge in [-0.1, -0.05) is 6.07 Å². The van der Waals surface area contributed by atoms with Crippen molar-refractivity contribution in [3.63, 3.8) is 0 Å². The minimum Gasteiger partial charge on any atom is -0.297 e. The van der Waals surface area contributed by atoms with Crippen molar-refractivity contribution in [2.45, 2.75) is 26.1 Å². The Kier molecular flexibility index (Phi) is 4.08. The largest absolute Gasteiger partial charge is 0.471 e. The van der Waals surface area contributed by atoms with Crippen LogP contribution >= 0.6 is 0 Å². The smallest absolute Gasteiger partial charge is 0.297 e. The number of rotatable bonds is 2. The van der Waals surface area contributed by atoms with Crippen LogP contribution in [0.3, 0.4) is 0 Å². The van der Waals surface area contributed by atoms with E-state index in [1.807, 2.05) is 0 Å². The Morgan fingerprint density at radius 3 is 2.14 bits per heavy atom. The van der Waals surface area contributed by atoms with E-state index < -0.39 is 33.7 Å². The minimum atomic E-state index is -5.09. The number of halogens is 3. The molecule has 0 bridgehead atoms. The standard InChI is InChI=1S/C14H14F3NO3S/c1-9-5-10(2)7-12(6-9)18(13(19)14(15,16)17)11-3-4-22(20,21)8-11/h3-7,11H,8H2,1-2H3/t11-/m1/s1. The molecule has 0 unspecified atom stereocenters. The predicted octanol–water partition coefficient (Wildman–Crippen LogP) is 2.51. The molecule has 0 spiro atoms. The summed E-state index contributed by atoms with van der Waals surface area (Å²) in [6.45, 7) is 3.38. The fourth-order valence-corrected chi connectivity index (χ4v) is 3.67. The van der Waals surface area contributed by atoms with Crippen LogP contribution in [0.2, 0.25) is 0 Å². The molecule has 0 radical (unpaired) electrons. The highest BCUT2D eigenvalue weighted by atomic mass is 32.2. The van der Waals surface area contributed by atoms with Crippen molar-refractivity contribution in [1.82, 2.24) is 0 Å². The lowest BCUT2D eigenvalue weighted by molar-refractivity contribution is -0.170. The van der Waals surface area contributed by atoms with Crippen molar-refractivity contribution >= 4 is 21.4 Å². The van der Waals surface area contributed by atoms with Crippen LogP contribution in [0.1, 0.15) is 11.1 Å². The molecule has 1 aromatic carbocycles. The van der Waals surface area contributed by atoms with E-state index in [1.54, 1.807) is 19.9 Å². The molecule has 0 saturated carbocycles. The molecule has 1 atom stereocenters. The Morgan fingerprint density at radius 2 is 1.73 bits per heavy atom. The molecular formula is C14H14F3NO3S. The van der Waals surface area contributed by atoms with Gasteiger partial charge in [0.15, 0.2) is 9.84 Å². The highest BCUT2D eigenvalue weighted by molar-refractivity contribution is 7.94. The van der Waals surface area contributed by atoms with E-state index in [-0.39, 0.29) is 5.69 Å². The number of hydrogen-bond donors (Lipinski definition) is 0. The van der Waals surface area contributed by atoms with E-state index in [2.05, 4.69) is 0 Å². The first-order valence-electron chi connectivity index (χ1n) is 6.39. The van der Waals surface area contributed by atoms with Gasteiger partial charge in [0.25, 0.3) is 0 Å². The molecule has 1 heterocycles. The number of sulfone groups is 1. The summed E-state index contributed by atoms with van der Waals surface area (Å²) in [5.74, 6) is -2.63. The second-order valence-corrected chi connectivity index (χ2v) is 7.18. The highest BCUT2D eigenvalue weighted by Gasteiger charge is 2.46. The van der Waals surface area contributed by atoms with Gasteiger partial charge in [-0.15, -0.1) is 0 Å². The van der Waals surface area contributed by atoms with E-state index in [4.69, 9.17) is 0 Å². The van der Waals surface area contributed by atoms with Gasteiger partial charge in [-0.25, -0.2) is 8.42 Å². The van der Waals surface area contributed by atoms with Crippen molar-refractivity contribution in [2.75, 3.05) is 10.7 Å². The lowest BCUT2D eigenvalue weighted by Gasteiger charge is -2.29. The maximum absolute atomic E-state index is 12.9. The monoisotopic (exact) mass is 333 g/mol. The molecule has 120 valence electrons.